The van der Waals surface area contributed by atoms with Gasteiger partial charge < -0.3 is 15.4 Å². The number of amides is 2. The second-order valence-electron chi connectivity index (χ2n) is 6.29. The predicted octanol–water partition coefficient (Wildman–Crippen LogP) is 2.73. The van der Waals surface area contributed by atoms with E-state index >= 15 is 0 Å². The van der Waals surface area contributed by atoms with Crippen LogP contribution in [0.4, 0.5) is 10.5 Å². The Morgan fingerprint density at radius 1 is 1.32 bits per heavy atom. The normalized spacial score (nSPS) is 17.2. The third-order valence-corrected chi connectivity index (χ3v) is 4.41. The highest BCUT2D eigenvalue weighted by Crippen LogP contribution is 2.23. The maximum atomic E-state index is 12.1. The van der Waals surface area contributed by atoms with Crippen molar-refractivity contribution in [3.05, 3.63) is 54.4 Å². The maximum absolute atomic E-state index is 12.1. The third-order valence-electron chi connectivity index (χ3n) is 4.41. The van der Waals surface area contributed by atoms with E-state index in [1.165, 1.54) is 5.56 Å². The van der Waals surface area contributed by atoms with Crippen molar-refractivity contribution in [2.45, 2.75) is 13.0 Å². The summed E-state index contributed by atoms with van der Waals surface area (Å²) in [6.45, 7) is 3.63. The number of nitrogens with one attached hydrogen (secondary N) is 2. The lowest BCUT2D eigenvalue weighted by Gasteiger charge is -2.16. The van der Waals surface area contributed by atoms with Crippen LogP contribution in [-0.4, -0.2) is 42.7 Å². The van der Waals surface area contributed by atoms with Gasteiger partial charge in [-0.2, -0.15) is 0 Å². The van der Waals surface area contributed by atoms with Crippen molar-refractivity contribution < 1.29 is 9.53 Å². The van der Waals surface area contributed by atoms with E-state index in [-0.39, 0.29) is 6.03 Å². The van der Waals surface area contributed by atoms with E-state index in [0.29, 0.717) is 23.9 Å². The Bertz CT molecular complexity index is 693. The highest BCUT2D eigenvalue weighted by Gasteiger charge is 2.23. The van der Waals surface area contributed by atoms with Crippen LogP contribution in [0.5, 0.6) is 5.75 Å². The number of benzene rings is 1. The second kappa shape index (κ2) is 8.48. The summed E-state index contributed by atoms with van der Waals surface area (Å²) in [5.41, 5.74) is 1.90. The number of urea groups is 1. The molecule has 0 aliphatic carbocycles. The molecule has 6 heteroatoms. The highest BCUT2D eigenvalue weighted by atomic mass is 16.5. The first-order valence-corrected chi connectivity index (χ1v) is 8.53. The Kier molecular flexibility index (Phi) is 5.85. The van der Waals surface area contributed by atoms with Crippen LogP contribution < -0.4 is 15.4 Å². The van der Waals surface area contributed by atoms with Gasteiger partial charge >= 0.3 is 6.03 Å². The molecule has 1 aromatic carbocycles. The molecule has 6 nitrogen and oxygen atoms in total. The molecule has 2 amide bonds. The second-order valence-corrected chi connectivity index (χ2v) is 6.29. The maximum Gasteiger partial charge on any atom is 0.319 e. The molecular formula is C19H24N4O2. The fourth-order valence-corrected chi connectivity index (χ4v) is 3.12. The van der Waals surface area contributed by atoms with Gasteiger partial charge in [-0.1, -0.05) is 18.2 Å². The van der Waals surface area contributed by atoms with Crippen LogP contribution in [0.2, 0.25) is 0 Å². The van der Waals surface area contributed by atoms with Gasteiger partial charge in [-0.3, -0.25) is 9.88 Å². The molecule has 1 unspecified atom stereocenters. The quantitative estimate of drug-likeness (QED) is 0.848. The summed E-state index contributed by atoms with van der Waals surface area (Å²) >= 11 is 0. The molecule has 132 valence electrons. The zero-order valence-corrected chi connectivity index (χ0v) is 14.4. The van der Waals surface area contributed by atoms with Crippen LogP contribution in [0.3, 0.4) is 0 Å². The zero-order valence-electron chi connectivity index (χ0n) is 14.4. The first kappa shape index (κ1) is 17.2. The van der Waals surface area contributed by atoms with Gasteiger partial charge in [0.15, 0.2) is 0 Å². The summed E-state index contributed by atoms with van der Waals surface area (Å²) in [5.74, 6) is 1.13. The molecule has 0 bridgehead atoms. The molecule has 0 saturated carbocycles. The number of aromatic nitrogens is 1. The first-order valence-electron chi connectivity index (χ1n) is 8.53. The lowest BCUT2D eigenvalue weighted by Crippen LogP contribution is -2.34. The number of anilines is 1. The summed E-state index contributed by atoms with van der Waals surface area (Å²) in [5, 5.41) is 5.80. The van der Waals surface area contributed by atoms with Crippen molar-refractivity contribution in [3.8, 4) is 5.75 Å². The number of hydrogen-bond donors (Lipinski definition) is 2. The van der Waals surface area contributed by atoms with E-state index in [1.807, 2.05) is 36.5 Å². The minimum Gasteiger partial charge on any atom is -0.495 e. The van der Waals surface area contributed by atoms with E-state index in [4.69, 9.17) is 4.74 Å². The van der Waals surface area contributed by atoms with Crippen molar-refractivity contribution >= 4 is 11.7 Å². The van der Waals surface area contributed by atoms with Gasteiger partial charge in [-0.25, -0.2) is 4.79 Å². The van der Waals surface area contributed by atoms with Gasteiger partial charge in [-0.05, 0) is 42.6 Å². The summed E-state index contributed by atoms with van der Waals surface area (Å²) in [4.78, 5) is 18.7. The van der Waals surface area contributed by atoms with Crippen molar-refractivity contribution in [2.75, 3.05) is 32.1 Å². The monoisotopic (exact) mass is 340 g/mol. The molecular weight excluding hydrogens is 316 g/mol. The van der Waals surface area contributed by atoms with E-state index < -0.39 is 0 Å². The average molecular weight is 340 g/mol. The standard InChI is InChI=1S/C19H24N4O2/c1-25-18-7-3-2-6-17(18)22-19(24)21-12-16-8-10-23(14-16)13-15-5-4-9-20-11-15/h2-7,9,11,16H,8,10,12-14H2,1H3,(H2,21,22,24). The largest absolute Gasteiger partial charge is 0.495 e. The van der Waals surface area contributed by atoms with Crippen molar-refractivity contribution in [1.82, 2.24) is 15.2 Å². The van der Waals surface area contributed by atoms with E-state index in [1.54, 1.807) is 13.3 Å². The predicted molar refractivity (Wildman–Crippen MR) is 97.6 cm³/mol. The molecule has 1 aromatic heterocycles. The number of rotatable bonds is 6. The zero-order chi connectivity index (χ0) is 17.5. The number of methoxy groups -OCH3 is 1. The number of likely N-dealkylation sites (tertiary alicyclic amines) is 1. The van der Waals surface area contributed by atoms with Gasteiger partial charge in [0.2, 0.25) is 0 Å². The number of ether oxygens (including phenoxy) is 1. The van der Waals surface area contributed by atoms with Gasteiger partial charge in [-0.15, -0.1) is 0 Å². The smallest absolute Gasteiger partial charge is 0.319 e. The fourth-order valence-electron chi connectivity index (χ4n) is 3.12. The van der Waals surface area contributed by atoms with E-state index in [9.17, 15) is 4.79 Å². The molecule has 1 aliphatic heterocycles. The highest BCUT2D eigenvalue weighted by molar-refractivity contribution is 5.90. The summed E-state index contributed by atoms with van der Waals surface area (Å²) in [6.07, 6.45) is 4.79. The van der Waals surface area contributed by atoms with Crippen LogP contribution in [0.15, 0.2) is 48.8 Å². The molecule has 1 atom stereocenters. The molecule has 3 rings (SSSR count). The van der Waals surface area contributed by atoms with Gasteiger partial charge in [0.1, 0.15) is 5.75 Å². The first-order chi connectivity index (χ1) is 12.2. The average Bonchev–Trinajstić information content (AvgIpc) is 3.09. The van der Waals surface area contributed by atoms with Crippen molar-refractivity contribution in [1.29, 1.82) is 0 Å². The molecule has 2 aromatic rings. The Balaban J connectivity index is 1.42. The van der Waals surface area contributed by atoms with Crippen LogP contribution >= 0.6 is 0 Å². The molecule has 25 heavy (non-hydrogen) atoms. The number of hydrogen-bond acceptors (Lipinski definition) is 4. The van der Waals surface area contributed by atoms with Crippen molar-refractivity contribution in [2.24, 2.45) is 5.92 Å². The lowest BCUT2D eigenvalue weighted by molar-refractivity contribution is 0.249. The summed E-state index contributed by atoms with van der Waals surface area (Å²) in [6, 6.07) is 11.2. The SMILES string of the molecule is COc1ccccc1NC(=O)NCC1CCN(Cc2cccnc2)C1. The minimum absolute atomic E-state index is 0.199. The Hall–Kier alpha value is -2.60. The topological polar surface area (TPSA) is 66.5 Å². The minimum atomic E-state index is -0.199. The van der Waals surface area contributed by atoms with Gasteiger partial charge in [0.25, 0.3) is 0 Å². The molecule has 2 heterocycles. The molecule has 1 aliphatic rings. The Morgan fingerprint density at radius 2 is 2.20 bits per heavy atom. The molecule has 2 N–H and O–H groups in total. The molecule has 1 saturated heterocycles. The van der Waals surface area contributed by atoms with Gasteiger partial charge in [0, 0.05) is 32.0 Å². The molecule has 1 fully saturated rings. The van der Waals surface area contributed by atoms with Crippen molar-refractivity contribution in [3.63, 3.8) is 0 Å². The lowest BCUT2D eigenvalue weighted by atomic mass is 10.1. The summed E-state index contributed by atoms with van der Waals surface area (Å²) < 4.78 is 5.24. The Labute approximate surface area is 148 Å². The molecule has 0 radical (unpaired) electrons. The van der Waals surface area contributed by atoms with Crippen LogP contribution in [0.25, 0.3) is 0 Å². The van der Waals surface area contributed by atoms with E-state index in [2.05, 4.69) is 26.6 Å². The van der Waals surface area contributed by atoms with Crippen LogP contribution in [0, 0.1) is 5.92 Å². The number of pyridine rings is 1. The number of carbonyl (C=O) groups is 1. The number of nitrogens with zero attached hydrogens (tertiary/aromatic N) is 2. The summed E-state index contributed by atoms with van der Waals surface area (Å²) in [7, 11) is 1.59. The van der Waals surface area contributed by atoms with Gasteiger partial charge in [0.05, 0.1) is 12.8 Å². The fraction of sp³-hybridized carbons (Fsp3) is 0.368. The number of para-hydroxylation sites is 2. The third kappa shape index (κ3) is 4.93. The van der Waals surface area contributed by atoms with Crippen LogP contribution in [-0.2, 0) is 6.54 Å². The van der Waals surface area contributed by atoms with Crippen LogP contribution in [0.1, 0.15) is 12.0 Å². The Morgan fingerprint density at radius 3 is 3.00 bits per heavy atom. The van der Waals surface area contributed by atoms with E-state index in [0.717, 1.165) is 26.1 Å². The number of carbonyl (C=O) groups excluding carboxylic acids is 1. The molecule has 0 spiro atoms.